The molecule has 1 unspecified atom stereocenters. The van der Waals surface area contributed by atoms with Gasteiger partial charge in [-0.25, -0.2) is 9.78 Å². The Morgan fingerprint density at radius 3 is 2.36 bits per heavy atom. The number of carbonyl (C=O) groups is 2. The number of methoxy groups -OCH3 is 2. The van der Waals surface area contributed by atoms with Crippen molar-refractivity contribution in [1.29, 1.82) is 0 Å². The fourth-order valence-electron chi connectivity index (χ4n) is 4.45. The highest BCUT2D eigenvalue weighted by Crippen LogP contribution is 2.37. The van der Waals surface area contributed by atoms with Crippen LogP contribution in [0.5, 0.6) is 11.5 Å². The van der Waals surface area contributed by atoms with Gasteiger partial charge >= 0.3 is 6.03 Å². The number of nitrogens with one attached hydrogen (secondary N) is 1. The molecule has 0 bridgehead atoms. The summed E-state index contributed by atoms with van der Waals surface area (Å²) in [5.74, 6) is 1.03. The minimum atomic E-state index is -1.18. The van der Waals surface area contributed by atoms with Crippen molar-refractivity contribution in [2.24, 2.45) is 0 Å². The number of imide groups is 1. The summed E-state index contributed by atoms with van der Waals surface area (Å²) >= 11 is 1.43. The van der Waals surface area contributed by atoms with E-state index in [1.807, 2.05) is 78.2 Å². The highest BCUT2D eigenvalue weighted by atomic mass is 32.1. The summed E-state index contributed by atoms with van der Waals surface area (Å²) in [7, 11) is 3.19. The molecule has 8 heteroatoms. The summed E-state index contributed by atoms with van der Waals surface area (Å²) in [5.41, 5.74) is 1.96. The molecule has 1 N–H and O–H groups in total. The van der Waals surface area contributed by atoms with Crippen molar-refractivity contribution in [3.05, 3.63) is 101 Å². The van der Waals surface area contributed by atoms with Crippen LogP contribution in [0, 0.1) is 0 Å². The molecule has 0 saturated carbocycles. The molecule has 0 spiro atoms. The van der Waals surface area contributed by atoms with E-state index in [2.05, 4.69) is 5.32 Å². The van der Waals surface area contributed by atoms with Gasteiger partial charge in [-0.3, -0.25) is 9.69 Å². The fraction of sp³-hybridized carbons (Fsp3) is 0.179. The number of ether oxygens (including phenoxy) is 2. The van der Waals surface area contributed by atoms with Gasteiger partial charge in [0.2, 0.25) is 0 Å². The van der Waals surface area contributed by atoms with Gasteiger partial charge in [-0.2, -0.15) is 0 Å². The standard InChI is InChI=1S/C28H25N3O4S/c1-34-22-13-14-23(24(15-22)35-2)25-29-21(18-36-25)17-31-26(32)28(30-27(31)33,20-11-7-4-8-12-20)16-19-9-5-3-6-10-19/h3-15,18H,16-17H2,1-2H3,(H,30,33). The molecule has 0 aliphatic carbocycles. The largest absolute Gasteiger partial charge is 0.497 e. The van der Waals surface area contributed by atoms with Gasteiger partial charge in [0.15, 0.2) is 5.54 Å². The Morgan fingerprint density at radius 1 is 0.944 bits per heavy atom. The lowest BCUT2D eigenvalue weighted by atomic mass is 9.83. The van der Waals surface area contributed by atoms with Crippen LogP contribution >= 0.6 is 11.3 Å². The van der Waals surface area contributed by atoms with Crippen LogP contribution in [0.3, 0.4) is 0 Å². The number of urea groups is 1. The second-order valence-electron chi connectivity index (χ2n) is 8.47. The van der Waals surface area contributed by atoms with E-state index in [0.717, 1.165) is 21.7 Å². The Hall–Kier alpha value is -4.17. The Balaban J connectivity index is 1.44. The van der Waals surface area contributed by atoms with Crippen LogP contribution in [-0.2, 0) is 23.3 Å². The summed E-state index contributed by atoms with van der Waals surface area (Å²) in [5, 5.41) is 5.59. The minimum Gasteiger partial charge on any atom is -0.497 e. The molecule has 182 valence electrons. The first kappa shape index (κ1) is 23.6. The van der Waals surface area contributed by atoms with E-state index in [1.54, 1.807) is 20.3 Å². The molecule has 2 heterocycles. The van der Waals surface area contributed by atoms with Crippen LogP contribution < -0.4 is 14.8 Å². The molecule has 36 heavy (non-hydrogen) atoms. The van der Waals surface area contributed by atoms with E-state index in [1.165, 1.54) is 16.2 Å². The molecule has 1 aliphatic rings. The number of benzene rings is 3. The Kier molecular flexibility index (Phi) is 6.43. The third-order valence-corrected chi connectivity index (χ3v) is 7.19. The second-order valence-corrected chi connectivity index (χ2v) is 9.32. The fourth-order valence-corrected chi connectivity index (χ4v) is 5.29. The Bertz CT molecular complexity index is 1390. The number of thiazole rings is 1. The van der Waals surface area contributed by atoms with E-state index in [0.29, 0.717) is 23.6 Å². The molecule has 1 fully saturated rings. The zero-order valence-electron chi connectivity index (χ0n) is 19.9. The highest BCUT2D eigenvalue weighted by molar-refractivity contribution is 7.13. The number of nitrogens with zero attached hydrogens (tertiary/aromatic N) is 2. The number of rotatable bonds is 8. The van der Waals surface area contributed by atoms with Crippen molar-refractivity contribution < 1.29 is 19.1 Å². The molecule has 1 aliphatic heterocycles. The first-order valence-corrected chi connectivity index (χ1v) is 12.3. The molecule has 7 nitrogen and oxygen atoms in total. The van der Waals surface area contributed by atoms with E-state index < -0.39 is 11.6 Å². The monoisotopic (exact) mass is 499 g/mol. The van der Waals surface area contributed by atoms with Crippen LogP contribution in [0.25, 0.3) is 10.6 Å². The van der Waals surface area contributed by atoms with Crippen molar-refractivity contribution in [2.75, 3.05) is 14.2 Å². The number of carbonyl (C=O) groups excluding carboxylic acids is 2. The topological polar surface area (TPSA) is 80.8 Å². The van der Waals surface area contributed by atoms with Gasteiger partial charge in [0.1, 0.15) is 16.5 Å². The molecule has 5 rings (SSSR count). The number of hydrogen-bond acceptors (Lipinski definition) is 6. The molecule has 1 atom stereocenters. The lowest BCUT2D eigenvalue weighted by Gasteiger charge is -2.27. The van der Waals surface area contributed by atoms with Gasteiger partial charge < -0.3 is 14.8 Å². The molecular weight excluding hydrogens is 474 g/mol. The molecule has 3 amide bonds. The summed E-state index contributed by atoms with van der Waals surface area (Å²) in [4.78, 5) is 33.0. The van der Waals surface area contributed by atoms with E-state index in [-0.39, 0.29) is 12.5 Å². The van der Waals surface area contributed by atoms with Gasteiger partial charge in [-0.05, 0) is 23.3 Å². The average molecular weight is 500 g/mol. The summed E-state index contributed by atoms with van der Waals surface area (Å²) in [6, 6.07) is 24.2. The van der Waals surface area contributed by atoms with Crippen molar-refractivity contribution in [3.8, 4) is 22.1 Å². The normalized spacial score (nSPS) is 17.2. The molecular formula is C28H25N3O4S. The number of aromatic nitrogens is 1. The first-order valence-electron chi connectivity index (χ1n) is 11.4. The Labute approximate surface area is 213 Å². The van der Waals surface area contributed by atoms with E-state index in [4.69, 9.17) is 14.5 Å². The Morgan fingerprint density at radius 2 is 1.67 bits per heavy atom. The molecule has 1 aromatic heterocycles. The quantitative estimate of drug-likeness (QED) is 0.345. The van der Waals surface area contributed by atoms with Crippen LogP contribution in [0.2, 0.25) is 0 Å². The van der Waals surface area contributed by atoms with Gasteiger partial charge in [-0.1, -0.05) is 60.7 Å². The molecule has 4 aromatic rings. The van der Waals surface area contributed by atoms with E-state index >= 15 is 0 Å². The van der Waals surface area contributed by atoms with Crippen molar-refractivity contribution in [1.82, 2.24) is 15.2 Å². The van der Waals surface area contributed by atoms with Crippen LogP contribution in [-0.4, -0.2) is 36.0 Å². The summed E-state index contributed by atoms with van der Waals surface area (Å²) in [6.45, 7) is 0.0724. The smallest absolute Gasteiger partial charge is 0.325 e. The summed E-state index contributed by atoms with van der Waals surface area (Å²) in [6.07, 6.45) is 0.351. The maximum Gasteiger partial charge on any atom is 0.325 e. The molecule has 1 saturated heterocycles. The third-order valence-electron chi connectivity index (χ3n) is 6.27. The van der Waals surface area contributed by atoms with Gasteiger partial charge in [0.05, 0.1) is 32.0 Å². The zero-order chi connectivity index (χ0) is 25.1. The van der Waals surface area contributed by atoms with Gasteiger partial charge in [-0.15, -0.1) is 11.3 Å². The molecule has 0 radical (unpaired) electrons. The van der Waals surface area contributed by atoms with E-state index in [9.17, 15) is 9.59 Å². The first-order chi connectivity index (χ1) is 17.5. The maximum absolute atomic E-state index is 13.9. The molecule has 3 aromatic carbocycles. The zero-order valence-corrected chi connectivity index (χ0v) is 20.7. The summed E-state index contributed by atoms with van der Waals surface area (Å²) < 4.78 is 10.8. The predicted molar refractivity (Wildman–Crippen MR) is 138 cm³/mol. The number of hydrogen-bond donors (Lipinski definition) is 1. The second kappa shape index (κ2) is 9.83. The maximum atomic E-state index is 13.9. The predicted octanol–water partition coefficient (Wildman–Crippen LogP) is 5.02. The minimum absolute atomic E-state index is 0.0724. The highest BCUT2D eigenvalue weighted by Gasteiger charge is 2.52. The van der Waals surface area contributed by atoms with Crippen LogP contribution in [0.15, 0.2) is 84.2 Å². The van der Waals surface area contributed by atoms with Crippen molar-refractivity contribution >= 4 is 23.3 Å². The third kappa shape index (κ3) is 4.31. The SMILES string of the molecule is COc1ccc(-c2nc(CN3C(=O)NC(Cc4ccccc4)(c4ccccc4)C3=O)cs2)c(OC)c1. The van der Waals surface area contributed by atoms with Crippen LogP contribution in [0.1, 0.15) is 16.8 Å². The van der Waals surface area contributed by atoms with Crippen LogP contribution in [0.4, 0.5) is 4.79 Å². The van der Waals surface area contributed by atoms with Gasteiger partial charge in [0.25, 0.3) is 5.91 Å². The number of amides is 3. The van der Waals surface area contributed by atoms with Crippen molar-refractivity contribution in [2.45, 2.75) is 18.5 Å². The lowest BCUT2D eigenvalue weighted by Crippen LogP contribution is -2.46. The van der Waals surface area contributed by atoms with Gasteiger partial charge in [0, 0.05) is 17.9 Å². The lowest BCUT2D eigenvalue weighted by molar-refractivity contribution is -0.132. The van der Waals surface area contributed by atoms with Crippen molar-refractivity contribution in [3.63, 3.8) is 0 Å². The average Bonchev–Trinajstić information content (AvgIpc) is 3.48.